The molecule has 4 heteroatoms. The van der Waals surface area contributed by atoms with Crippen LogP contribution in [0.3, 0.4) is 0 Å². The first kappa shape index (κ1) is 10.8. The number of amides is 1. The maximum Gasteiger partial charge on any atom is 0.217 e. The second-order valence-corrected chi connectivity index (χ2v) is 3.63. The van der Waals surface area contributed by atoms with Gasteiger partial charge in [0.15, 0.2) is 5.89 Å². The largest absolute Gasteiger partial charge is 0.443 e. The molecule has 0 aliphatic rings. The SMILES string of the molecule is CC(=O)NCc1oc(C(C)C)nc1C. The lowest BCUT2D eigenvalue weighted by Crippen LogP contribution is -2.18. The third-order valence-corrected chi connectivity index (χ3v) is 1.90. The molecule has 0 aliphatic heterocycles. The molecule has 1 aromatic heterocycles. The van der Waals surface area contributed by atoms with E-state index >= 15 is 0 Å². The van der Waals surface area contributed by atoms with Crippen LogP contribution in [0.5, 0.6) is 0 Å². The van der Waals surface area contributed by atoms with Crippen molar-refractivity contribution in [2.24, 2.45) is 0 Å². The van der Waals surface area contributed by atoms with Crippen molar-refractivity contribution in [3.8, 4) is 0 Å². The Morgan fingerprint density at radius 2 is 2.21 bits per heavy atom. The van der Waals surface area contributed by atoms with Crippen LogP contribution in [0.25, 0.3) is 0 Å². The minimum absolute atomic E-state index is 0.0631. The fourth-order valence-corrected chi connectivity index (χ4v) is 1.07. The number of oxazole rings is 1. The van der Waals surface area contributed by atoms with Crippen molar-refractivity contribution < 1.29 is 9.21 Å². The predicted octanol–water partition coefficient (Wildman–Crippen LogP) is 1.74. The highest BCUT2D eigenvalue weighted by molar-refractivity contribution is 5.72. The summed E-state index contributed by atoms with van der Waals surface area (Å²) in [4.78, 5) is 15.0. The Labute approximate surface area is 83.7 Å². The van der Waals surface area contributed by atoms with Gasteiger partial charge in [-0.2, -0.15) is 0 Å². The molecule has 0 spiro atoms. The third-order valence-electron chi connectivity index (χ3n) is 1.90. The monoisotopic (exact) mass is 196 g/mol. The van der Waals surface area contributed by atoms with E-state index in [1.807, 2.05) is 20.8 Å². The van der Waals surface area contributed by atoms with Crippen LogP contribution in [0.2, 0.25) is 0 Å². The van der Waals surface area contributed by atoms with Crippen molar-refractivity contribution >= 4 is 5.91 Å². The summed E-state index contributed by atoms with van der Waals surface area (Å²) in [6, 6.07) is 0. The summed E-state index contributed by atoms with van der Waals surface area (Å²) >= 11 is 0. The van der Waals surface area contributed by atoms with Crippen molar-refractivity contribution in [3.63, 3.8) is 0 Å². The lowest BCUT2D eigenvalue weighted by Gasteiger charge is -1.99. The van der Waals surface area contributed by atoms with Crippen molar-refractivity contribution in [1.82, 2.24) is 10.3 Å². The Bertz CT molecular complexity index is 329. The minimum atomic E-state index is -0.0631. The van der Waals surface area contributed by atoms with Crippen LogP contribution >= 0.6 is 0 Å². The maximum atomic E-state index is 10.7. The van der Waals surface area contributed by atoms with Gasteiger partial charge in [0.25, 0.3) is 0 Å². The molecule has 1 heterocycles. The zero-order valence-corrected chi connectivity index (χ0v) is 9.05. The van der Waals surface area contributed by atoms with E-state index in [2.05, 4.69) is 10.3 Å². The van der Waals surface area contributed by atoms with E-state index in [0.717, 1.165) is 17.3 Å². The van der Waals surface area contributed by atoms with Crippen LogP contribution in [0.4, 0.5) is 0 Å². The summed E-state index contributed by atoms with van der Waals surface area (Å²) in [7, 11) is 0. The summed E-state index contributed by atoms with van der Waals surface area (Å²) in [5.74, 6) is 1.68. The van der Waals surface area contributed by atoms with Crippen LogP contribution in [0.15, 0.2) is 4.42 Å². The smallest absolute Gasteiger partial charge is 0.217 e. The highest BCUT2D eigenvalue weighted by atomic mass is 16.4. The van der Waals surface area contributed by atoms with E-state index in [1.54, 1.807) is 0 Å². The molecule has 0 aliphatic carbocycles. The summed E-state index contributed by atoms with van der Waals surface area (Å²) in [6.45, 7) is 7.82. The van der Waals surface area contributed by atoms with Crippen molar-refractivity contribution in [3.05, 3.63) is 17.3 Å². The third kappa shape index (κ3) is 2.58. The molecule has 0 unspecified atom stereocenters. The van der Waals surface area contributed by atoms with Gasteiger partial charge >= 0.3 is 0 Å². The first-order chi connectivity index (χ1) is 6.50. The average Bonchev–Trinajstić information content (AvgIpc) is 2.43. The zero-order chi connectivity index (χ0) is 10.7. The maximum absolute atomic E-state index is 10.7. The number of aromatic nitrogens is 1. The van der Waals surface area contributed by atoms with Crippen LogP contribution in [-0.2, 0) is 11.3 Å². The fourth-order valence-electron chi connectivity index (χ4n) is 1.07. The molecule has 14 heavy (non-hydrogen) atoms. The van der Waals surface area contributed by atoms with Gasteiger partial charge in [-0.15, -0.1) is 0 Å². The van der Waals surface area contributed by atoms with E-state index < -0.39 is 0 Å². The Kier molecular flexibility index (Phi) is 3.28. The Hall–Kier alpha value is -1.32. The number of nitrogens with one attached hydrogen (secondary N) is 1. The molecule has 1 aromatic rings. The summed E-state index contributed by atoms with van der Waals surface area (Å²) in [5.41, 5.74) is 0.849. The molecule has 0 aromatic carbocycles. The lowest BCUT2D eigenvalue weighted by molar-refractivity contribution is -0.119. The van der Waals surface area contributed by atoms with Gasteiger partial charge in [0.2, 0.25) is 5.91 Å². The molecular formula is C10H16N2O2. The predicted molar refractivity (Wildman–Crippen MR) is 52.8 cm³/mol. The highest BCUT2D eigenvalue weighted by Gasteiger charge is 2.11. The molecule has 1 rings (SSSR count). The van der Waals surface area contributed by atoms with Gasteiger partial charge in [0.05, 0.1) is 12.2 Å². The van der Waals surface area contributed by atoms with E-state index in [0.29, 0.717) is 6.54 Å². The van der Waals surface area contributed by atoms with Crippen LogP contribution in [0.1, 0.15) is 44.0 Å². The first-order valence-electron chi connectivity index (χ1n) is 4.71. The number of carbonyl (C=O) groups excluding carboxylic acids is 1. The van der Waals surface area contributed by atoms with Crippen LogP contribution in [0, 0.1) is 6.92 Å². The molecule has 0 atom stereocenters. The quantitative estimate of drug-likeness (QED) is 0.801. The normalized spacial score (nSPS) is 10.6. The summed E-state index contributed by atoms with van der Waals surface area (Å²) < 4.78 is 5.50. The molecule has 0 radical (unpaired) electrons. The number of hydrogen-bond donors (Lipinski definition) is 1. The van der Waals surface area contributed by atoms with Crippen molar-refractivity contribution in [1.29, 1.82) is 0 Å². The molecule has 0 fully saturated rings. The number of carbonyl (C=O) groups is 1. The second kappa shape index (κ2) is 4.26. The number of nitrogens with zero attached hydrogens (tertiary/aromatic N) is 1. The molecule has 0 saturated carbocycles. The van der Waals surface area contributed by atoms with Gasteiger partial charge in [0.1, 0.15) is 5.76 Å². The number of hydrogen-bond acceptors (Lipinski definition) is 3. The highest BCUT2D eigenvalue weighted by Crippen LogP contribution is 2.17. The standard InChI is InChI=1S/C10H16N2O2/c1-6(2)10-12-7(3)9(14-10)5-11-8(4)13/h6H,5H2,1-4H3,(H,11,13). The van der Waals surface area contributed by atoms with Gasteiger partial charge in [-0.25, -0.2) is 4.98 Å². The van der Waals surface area contributed by atoms with Gasteiger partial charge < -0.3 is 9.73 Å². The van der Waals surface area contributed by atoms with E-state index in [-0.39, 0.29) is 11.8 Å². The first-order valence-corrected chi connectivity index (χ1v) is 4.71. The van der Waals surface area contributed by atoms with Gasteiger partial charge in [0, 0.05) is 12.8 Å². The molecule has 0 saturated heterocycles. The van der Waals surface area contributed by atoms with Crippen LogP contribution < -0.4 is 5.32 Å². The van der Waals surface area contributed by atoms with Crippen molar-refractivity contribution in [2.75, 3.05) is 0 Å². The Balaban J connectivity index is 2.72. The van der Waals surface area contributed by atoms with E-state index in [1.165, 1.54) is 6.92 Å². The molecule has 1 N–H and O–H groups in total. The molecule has 0 bridgehead atoms. The van der Waals surface area contributed by atoms with Crippen molar-refractivity contribution in [2.45, 2.75) is 40.2 Å². The fraction of sp³-hybridized carbons (Fsp3) is 0.600. The minimum Gasteiger partial charge on any atom is -0.443 e. The van der Waals surface area contributed by atoms with Gasteiger partial charge in [-0.1, -0.05) is 13.8 Å². The Morgan fingerprint density at radius 1 is 1.57 bits per heavy atom. The Morgan fingerprint density at radius 3 is 2.64 bits per heavy atom. The summed E-state index contributed by atoms with van der Waals surface area (Å²) in [5, 5.41) is 2.68. The van der Waals surface area contributed by atoms with E-state index in [4.69, 9.17) is 4.42 Å². The molecule has 1 amide bonds. The average molecular weight is 196 g/mol. The van der Waals surface area contributed by atoms with Crippen LogP contribution in [-0.4, -0.2) is 10.9 Å². The number of aryl methyl sites for hydroxylation is 1. The van der Waals surface area contributed by atoms with Gasteiger partial charge in [-0.3, -0.25) is 4.79 Å². The topological polar surface area (TPSA) is 55.1 Å². The summed E-state index contributed by atoms with van der Waals surface area (Å²) in [6.07, 6.45) is 0. The molecular weight excluding hydrogens is 180 g/mol. The van der Waals surface area contributed by atoms with Gasteiger partial charge in [-0.05, 0) is 6.92 Å². The number of rotatable bonds is 3. The second-order valence-electron chi connectivity index (χ2n) is 3.63. The molecule has 78 valence electrons. The zero-order valence-electron chi connectivity index (χ0n) is 9.05. The molecule has 4 nitrogen and oxygen atoms in total. The van der Waals surface area contributed by atoms with E-state index in [9.17, 15) is 4.79 Å². The lowest BCUT2D eigenvalue weighted by atomic mass is 10.2.